The van der Waals surface area contributed by atoms with Crippen molar-refractivity contribution in [2.24, 2.45) is 0 Å². The van der Waals surface area contributed by atoms with Crippen LogP contribution in [0.2, 0.25) is 0 Å². The number of fused-ring (bicyclic) bond motifs is 1. The molecular formula is C24H25N3O4S. The average Bonchev–Trinajstić information content (AvgIpc) is 3.30. The van der Waals surface area contributed by atoms with Gasteiger partial charge in [0, 0.05) is 13.0 Å². The summed E-state index contributed by atoms with van der Waals surface area (Å²) in [5.74, 6) is -1.26. The summed E-state index contributed by atoms with van der Waals surface area (Å²) in [4.78, 5) is 52.9. The van der Waals surface area contributed by atoms with E-state index in [1.54, 1.807) is 23.5 Å². The van der Waals surface area contributed by atoms with Crippen molar-refractivity contribution in [2.75, 3.05) is 13.1 Å². The fraction of sp³-hybridized carbons (Fsp3) is 0.417. The van der Waals surface area contributed by atoms with E-state index in [9.17, 15) is 19.2 Å². The molecule has 8 heteroatoms. The first-order valence-electron chi connectivity index (χ1n) is 11.0. The van der Waals surface area contributed by atoms with E-state index in [-0.39, 0.29) is 18.7 Å². The molecule has 1 aromatic heterocycles. The van der Waals surface area contributed by atoms with E-state index in [0.717, 1.165) is 42.9 Å². The van der Waals surface area contributed by atoms with Crippen LogP contribution in [0.15, 0.2) is 29.0 Å². The molecule has 5 rings (SSSR count). The highest BCUT2D eigenvalue weighted by Crippen LogP contribution is 2.33. The first kappa shape index (κ1) is 21.0. The topological polar surface area (TPSA) is 86.8 Å². The molecule has 0 bridgehead atoms. The molecule has 2 aromatic rings. The molecule has 1 aromatic carbocycles. The van der Waals surface area contributed by atoms with Gasteiger partial charge in [-0.25, -0.2) is 0 Å². The van der Waals surface area contributed by atoms with E-state index in [2.05, 4.69) is 27.9 Å². The number of aryl methyl sites for hydroxylation is 1. The summed E-state index contributed by atoms with van der Waals surface area (Å²) in [6.45, 7) is 4.89. The highest BCUT2D eigenvalue weighted by Gasteiger charge is 2.44. The van der Waals surface area contributed by atoms with E-state index < -0.39 is 23.8 Å². The summed E-state index contributed by atoms with van der Waals surface area (Å²) >= 11 is 1.77. The van der Waals surface area contributed by atoms with Crippen LogP contribution < -0.4 is 5.32 Å². The number of hydrogen-bond acceptors (Lipinski definition) is 6. The maximum absolute atomic E-state index is 13.0. The van der Waals surface area contributed by atoms with Gasteiger partial charge in [0.1, 0.15) is 6.04 Å². The molecule has 166 valence electrons. The van der Waals surface area contributed by atoms with Gasteiger partial charge < -0.3 is 0 Å². The lowest BCUT2D eigenvalue weighted by atomic mass is 9.89. The summed E-state index contributed by atoms with van der Waals surface area (Å²) in [6.07, 6.45) is 2.52. The number of likely N-dealkylation sites (tertiary alicyclic amines) is 1. The number of benzene rings is 1. The van der Waals surface area contributed by atoms with Crippen molar-refractivity contribution in [1.82, 2.24) is 15.1 Å². The maximum Gasteiger partial charge on any atom is 0.262 e. The van der Waals surface area contributed by atoms with Crippen molar-refractivity contribution in [3.8, 4) is 0 Å². The first-order valence-corrected chi connectivity index (χ1v) is 12.0. The first-order chi connectivity index (χ1) is 15.4. The summed E-state index contributed by atoms with van der Waals surface area (Å²) in [7, 11) is 0. The Hall–Kier alpha value is -2.84. The third-order valence-electron chi connectivity index (χ3n) is 6.83. The quantitative estimate of drug-likeness (QED) is 0.723. The number of hydrogen-bond donors (Lipinski definition) is 1. The lowest BCUT2D eigenvalue weighted by Gasteiger charge is -2.32. The van der Waals surface area contributed by atoms with Crippen LogP contribution in [0.4, 0.5) is 0 Å². The summed E-state index contributed by atoms with van der Waals surface area (Å²) < 4.78 is 0. The van der Waals surface area contributed by atoms with Gasteiger partial charge in [0.05, 0.1) is 11.1 Å². The number of carbonyl (C=O) groups is 4. The van der Waals surface area contributed by atoms with E-state index >= 15 is 0 Å². The van der Waals surface area contributed by atoms with E-state index in [1.165, 1.54) is 11.1 Å². The summed E-state index contributed by atoms with van der Waals surface area (Å²) in [5.41, 5.74) is 4.52. The molecule has 7 nitrogen and oxygen atoms in total. The normalized spacial score (nSPS) is 22.4. The van der Waals surface area contributed by atoms with Gasteiger partial charge >= 0.3 is 0 Å². The second-order valence-electron chi connectivity index (χ2n) is 8.89. The number of nitrogens with zero attached hydrogens (tertiary/aromatic N) is 2. The van der Waals surface area contributed by atoms with Crippen molar-refractivity contribution >= 4 is 35.0 Å². The predicted octanol–water partition coefficient (Wildman–Crippen LogP) is 2.84. The zero-order chi connectivity index (χ0) is 22.4. The van der Waals surface area contributed by atoms with Crippen LogP contribution in [0.3, 0.4) is 0 Å². The third kappa shape index (κ3) is 3.67. The number of rotatable bonds is 4. The molecule has 0 spiro atoms. The van der Waals surface area contributed by atoms with Crippen LogP contribution in [0.1, 0.15) is 69.0 Å². The molecule has 0 radical (unpaired) electrons. The van der Waals surface area contributed by atoms with Gasteiger partial charge in [-0.05, 0) is 84.8 Å². The second kappa shape index (κ2) is 8.26. The zero-order valence-corrected chi connectivity index (χ0v) is 18.7. The number of amides is 4. The molecule has 1 N–H and O–H groups in total. The van der Waals surface area contributed by atoms with E-state index in [1.807, 2.05) is 6.07 Å². The SMILES string of the molecule is Cc1cscc1C1CCN(Cc2ccc3c(c2)C(=O)N(C2CCC(=O)NC2=O)C3=O)CC1. The van der Waals surface area contributed by atoms with Gasteiger partial charge in [-0.2, -0.15) is 11.3 Å². The highest BCUT2D eigenvalue weighted by atomic mass is 32.1. The molecule has 1 unspecified atom stereocenters. The van der Waals surface area contributed by atoms with Crippen LogP contribution >= 0.6 is 11.3 Å². The van der Waals surface area contributed by atoms with Gasteiger partial charge in [-0.3, -0.25) is 34.3 Å². The minimum absolute atomic E-state index is 0.121. The molecule has 0 saturated carbocycles. The average molecular weight is 452 g/mol. The van der Waals surface area contributed by atoms with Crippen molar-refractivity contribution in [3.05, 3.63) is 56.8 Å². The van der Waals surface area contributed by atoms with Gasteiger partial charge in [-0.15, -0.1) is 0 Å². The molecular weight excluding hydrogens is 426 g/mol. The van der Waals surface area contributed by atoms with Crippen molar-refractivity contribution < 1.29 is 19.2 Å². The molecule has 2 saturated heterocycles. The van der Waals surface area contributed by atoms with E-state index in [4.69, 9.17) is 0 Å². The number of thiophene rings is 1. The lowest BCUT2D eigenvalue weighted by Crippen LogP contribution is -2.54. The Balaban J connectivity index is 1.27. The van der Waals surface area contributed by atoms with Gasteiger partial charge in [0.2, 0.25) is 11.8 Å². The van der Waals surface area contributed by atoms with Crippen LogP contribution in [0.25, 0.3) is 0 Å². The second-order valence-corrected chi connectivity index (χ2v) is 9.63. The third-order valence-corrected chi connectivity index (χ3v) is 7.71. The summed E-state index contributed by atoms with van der Waals surface area (Å²) in [5, 5.41) is 6.71. The number of nitrogens with one attached hydrogen (secondary N) is 1. The Labute approximate surface area is 190 Å². The maximum atomic E-state index is 13.0. The predicted molar refractivity (Wildman–Crippen MR) is 119 cm³/mol. The molecule has 4 heterocycles. The number of piperidine rings is 2. The van der Waals surface area contributed by atoms with Gasteiger partial charge in [-0.1, -0.05) is 6.07 Å². The lowest BCUT2D eigenvalue weighted by molar-refractivity contribution is -0.136. The molecule has 32 heavy (non-hydrogen) atoms. The summed E-state index contributed by atoms with van der Waals surface area (Å²) in [6, 6.07) is 4.45. The van der Waals surface area contributed by atoms with Crippen molar-refractivity contribution in [2.45, 2.75) is 51.1 Å². The molecule has 4 amide bonds. The highest BCUT2D eigenvalue weighted by molar-refractivity contribution is 7.08. The molecule has 3 aliphatic heterocycles. The molecule has 2 fully saturated rings. The van der Waals surface area contributed by atoms with Crippen LogP contribution in [0.5, 0.6) is 0 Å². The number of carbonyl (C=O) groups excluding carboxylic acids is 4. The Kier molecular flexibility index (Phi) is 5.43. The number of imide groups is 2. The van der Waals surface area contributed by atoms with Gasteiger partial charge in [0.15, 0.2) is 0 Å². The van der Waals surface area contributed by atoms with Crippen LogP contribution in [0, 0.1) is 6.92 Å². The van der Waals surface area contributed by atoms with Gasteiger partial charge in [0.25, 0.3) is 11.8 Å². The Morgan fingerprint density at radius 1 is 1.00 bits per heavy atom. The fourth-order valence-corrected chi connectivity index (χ4v) is 6.00. The Bertz CT molecular complexity index is 1120. The fourth-order valence-electron chi connectivity index (χ4n) is 5.07. The van der Waals surface area contributed by atoms with Crippen LogP contribution in [-0.4, -0.2) is 52.6 Å². The monoisotopic (exact) mass is 451 g/mol. The Morgan fingerprint density at radius 3 is 2.44 bits per heavy atom. The Morgan fingerprint density at radius 2 is 1.75 bits per heavy atom. The smallest absolute Gasteiger partial charge is 0.262 e. The van der Waals surface area contributed by atoms with Crippen molar-refractivity contribution in [1.29, 1.82) is 0 Å². The molecule has 3 aliphatic rings. The molecule has 1 atom stereocenters. The largest absolute Gasteiger partial charge is 0.299 e. The minimum atomic E-state index is -0.928. The van der Waals surface area contributed by atoms with Crippen molar-refractivity contribution in [3.63, 3.8) is 0 Å². The standard InChI is InChI=1S/C24H25N3O4S/c1-14-12-32-13-19(14)16-6-8-26(9-7-16)11-15-2-3-17-18(10-15)24(31)27(23(17)30)20-4-5-21(28)25-22(20)29/h2-3,10,12-13,16,20H,4-9,11H2,1H3,(H,25,28,29). The minimum Gasteiger partial charge on any atom is -0.299 e. The van der Waals surface area contributed by atoms with E-state index in [0.29, 0.717) is 17.0 Å². The molecule has 0 aliphatic carbocycles. The zero-order valence-electron chi connectivity index (χ0n) is 17.9. The van der Waals surface area contributed by atoms with Crippen LogP contribution in [-0.2, 0) is 16.1 Å².